The normalized spacial score (nSPS) is 17.1. The highest BCUT2D eigenvalue weighted by molar-refractivity contribution is 5.90. The Morgan fingerprint density at radius 1 is 1.09 bits per heavy atom. The lowest BCUT2D eigenvalue weighted by Crippen LogP contribution is -2.33. The molecule has 182 valence electrons. The fraction of sp³-hybridized carbons (Fsp3) is 0.296. The number of rotatable bonds is 8. The molecule has 2 amide bonds. The molecule has 7 nitrogen and oxygen atoms in total. The van der Waals surface area contributed by atoms with Crippen LogP contribution in [0.25, 0.3) is 11.1 Å². The van der Waals surface area contributed by atoms with Crippen LogP contribution in [0.3, 0.4) is 0 Å². The lowest BCUT2D eigenvalue weighted by Gasteiger charge is -2.21. The van der Waals surface area contributed by atoms with Gasteiger partial charge in [-0.1, -0.05) is 24.3 Å². The molecule has 0 aliphatic carbocycles. The maximum Gasteiger partial charge on any atom is 0.414 e. The molecule has 1 aromatic heterocycles. The van der Waals surface area contributed by atoms with Crippen molar-refractivity contribution in [3.8, 4) is 11.1 Å². The predicted octanol–water partition coefficient (Wildman–Crippen LogP) is 4.76. The molecule has 2 unspecified atom stereocenters. The summed E-state index contributed by atoms with van der Waals surface area (Å²) in [6.45, 7) is 6.07. The SMILES string of the molecule is CC(=O)NC[C@H]1CN(c2ccc(-c3ccc(C(C)NC(C)c4ccncc4)cc3)c(F)c2)C(=O)O1. The third-order valence-electron chi connectivity index (χ3n) is 6.14. The van der Waals surface area contributed by atoms with Crippen molar-refractivity contribution in [2.75, 3.05) is 18.0 Å². The van der Waals surface area contributed by atoms with E-state index >= 15 is 4.39 Å². The molecular formula is C27H29FN4O3. The van der Waals surface area contributed by atoms with Gasteiger partial charge in [0, 0.05) is 37.0 Å². The summed E-state index contributed by atoms with van der Waals surface area (Å²) >= 11 is 0. The van der Waals surface area contributed by atoms with Crippen LogP contribution in [0.15, 0.2) is 67.0 Å². The van der Waals surface area contributed by atoms with Gasteiger partial charge in [0.1, 0.15) is 11.9 Å². The molecule has 4 rings (SSSR count). The number of amides is 2. The molecule has 2 heterocycles. The van der Waals surface area contributed by atoms with E-state index in [0.717, 1.165) is 16.7 Å². The van der Waals surface area contributed by atoms with Gasteiger partial charge in [-0.15, -0.1) is 0 Å². The largest absolute Gasteiger partial charge is 0.442 e. The monoisotopic (exact) mass is 476 g/mol. The van der Waals surface area contributed by atoms with E-state index in [1.165, 1.54) is 17.9 Å². The maximum atomic E-state index is 15.0. The van der Waals surface area contributed by atoms with Crippen molar-refractivity contribution in [1.29, 1.82) is 0 Å². The highest BCUT2D eigenvalue weighted by Crippen LogP contribution is 2.30. The Bertz CT molecular complexity index is 1190. The standard InChI is InChI=1S/C27H29FN4O3/c1-17(31-18(2)21-10-12-29-13-11-21)20-4-6-22(7-5-20)25-9-8-23(14-26(25)28)32-16-24(35-27(32)34)15-30-19(3)33/h4-14,17-18,24,31H,15-16H2,1-3H3,(H,30,33)/t17?,18?,24-/m0/s1. The summed E-state index contributed by atoms with van der Waals surface area (Å²) < 4.78 is 20.3. The third-order valence-corrected chi connectivity index (χ3v) is 6.14. The minimum atomic E-state index is -0.556. The van der Waals surface area contributed by atoms with Gasteiger partial charge < -0.3 is 15.4 Å². The van der Waals surface area contributed by atoms with Crippen molar-refractivity contribution >= 4 is 17.7 Å². The fourth-order valence-electron chi connectivity index (χ4n) is 4.17. The molecule has 3 aromatic rings. The Morgan fingerprint density at radius 3 is 2.37 bits per heavy atom. The van der Waals surface area contributed by atoms with Gasteiger partial charge in [-0.2, -0.15) is 0 Å². The average molecular weight is 477 g/mol. The Kier molecular flexibility index (Phi) is 7.41. The van der Waals surface area contributed by atoms with E-state index in [4.69, 9.17) is 4.74 Å². The average Bonchev–Trinajstić information content (AvgIpc) is 3.23. The van der Waals surface area contributed by atoms with Gasteiger partial charge in [0.2, 0.25) is 5.91 Å². The topological polar surface area (TPSA) is 83.6 Å². The van der Waals surface area contributed by atoms with Crippen molar-refractivity contribution in [1.82, 2.24) is 15.6 Å². The second-order valence-corrected chi connectivity index (χ2v) is 8.73. The number of nitrogens with zero attached hydrogens (tertiary/aromatic N) is 2. The molecule has 3 atom stereocenters. The Balaban J connectivity index is 1.42. The van der Waals surface area contributed by atoms with Crippen molar-refractivity contribution in [3.63, 3.8) is 0 Å². The molecule has 1 fully saturated rings. The van der Waals surface area contributed by atoms with Gasteiger partial charge >= 0.3 is 6.09 Å². The molecule has 1 saturated heterocycles. The number of anilines is 1. The minimum absolute atomic E-state index is 0.103. The Labute approximate surface area is 204 Å². The molecule has 8 heteroatoms. The molecule has 2 N–H and O–H groups in total. The Hall–Kier alpha value is -3.78. The van der Waals surface area contributed by atoms with Crippen molar-refractivity contribution in [3.05, 3.63) is 83.9 Å². The number of benzene rings is 2. The zero-order chi connectivity index (χ0) is 24.9. The van der Waals surface area contributed by atoms with Gasteiger partial charge in [-0.25, -0.2) is 9.18 Å². The van der Waals surface area contributed by atoms with Gasteiger partial charge in [-0.05, 0) is 60.9 Å². The number of hydrogen-bond acceptors (Lipinski definition) is 5. The summed E-state index contributed by atoms with van der Waals surface area (Å²) in [6, 6.07) is 16.7. The van der Waals surface area contributed by atoms with Crippen molar-refractivity contribution in [2.24, 2.45) is 0 Å². The fourth-order valence-corrected chi connectivity index (χ4v) is 4.17. The number of aromatic nitrogens is 1. The number of carbonyl (C=O) groups is 2. The molecule has 0 spiro atoms. The summed E-state index contributed by atoms with van der Waals surface area (Å²) in [4.78, 5) is 28.8. The van der Waals surface area contributed by atoms with Crippen LogP contribution in [-0.2, 0) is 9.53 Å². The maximum absolute atomic E-state index is 15.0. The first-order valence-corrected chi connectivity index (χ1v) is 11.6. The van der Waals surface area contributed by atoms with Crippen molar-refractivity contribution < 1.29 is 18.7 Å². The van der Waals surface area contributed by atoms with Gasteiger partial charge in [-0.3, -0.25) is 14.7 Å². The molecule has 1 aliphatic rings. The predicted molar refractivity (Wildman–Crippen MR) is 132 cm³/mol. The summed E-state index contributed by atoms with van der Waals surface area (Å²) in [7, 11) is 0. The summed E-state index contributed by atoms with van der Waals surface area (Å²) in [5, 5.41) is 6.20. The van der Waals surface area contributed by atoms with Crippen LogP contribution in [0.2, 0.25) is 0 Å². The first kappa shape index (κ1) is 24.3. The van der Waals surface area contributed by atoms with Crippen LogP contribution in [-0.4, -0.2) is 36.2 Å². The van der Waals surface area contributed by atoms with E-state index < -0.39 is 18.0 Å². The number of ether oxygens (including phenoxy) is 1. The molecule has 2 aromatic carbocycles. The van der Waals surface area contributed by atoms with Gasteiger partial charge in [0.15, 0.2) is 0 Å². The van der Waals surface area contributed by atoms with Gasteiger partial charge in [0.05, 0.1) is 18.8 Å². The van der Waals surface area contributed by atoms with Crippen LogP contribution in [0.5, 0.6) is 0 Å². The van der Waals surface area contributed by atoms with E-state index in [2.05, 4.69) is 29.5 Å². The van der Waals surface area contributed by atoms with Crippen LogP contribution in [0, 0.1) is 5.82 Å². The first-order chi connectivity index (χ1) is 16.8. The summed E-state index contributed by atoms with van der Waals surface area (Å²) in [6.07, 6.45) is 2.53. The van der Waals surface area contributed by atoms with Gasteiger partial charge in [0.25, 0.3) is 0 Å². The van der Waals surface area contributed by atoms with Crippen LogP contribution >= 0.6 is 0 Å². The second kappa shape index (κ2) is 10.7. The summed E-state index contributed by atoms with van der Waals surface area (Å²) in [5.41, 5.74) is 3.87. The van der Waals surface area contributed by atoms with E-state index in [9.17, 15) is 9.59 Å². The van der Waals surface area contributed by atoms with Crippen LogP contribution in [0.4, 0.5) is 14.9 Å². The zero-order valence-corrected chi connectivity index (χ0v) is 20.0. The highest BCUT2D eigenvalue weighted by Gasteiger charge is 2.32. The molecule has 35 heavy (non-hydrogen) atoms. The number of hydrogen-bond donors (Lipinski definition) is 2. The molecule has 0 saturated carbocycles. The minimum Gasteiger partial charge on any atom is -0.442 e. The molecule has 1 aliphatic heterocycles. The van der Waals surface area contributed by atoms with E-state index in [1.807, 2.05) is 36.4 Å². The lowest BCUT2D eigenvalue weighted by atomic mass is 9.99. The number of carbonyl (C=O) groups excluding carboxylic acids is 2. The third kappa shape index (κ3) is 5.84. The molecule has 0 radical (unpaired) electrons. The van der Waals surface area contributed by atoms with Crippen molar-refractivity contribution in [2.45, 2.75) is 39.0 Å². The zero-order valence-electron chi connectivity index (χ0n) is 20.0. The highest BCUT2D eigenvalue weighted by atomic mass is 19.1. The van der Waals surface area contributed by atoms with Crippen LogP contribution in [0.1, 0.15) is 44.0 Å². The number of cyclic esters (lactones) is 1. The quantitative estimate of drug-likeness (QED) is 0.490. The first-order valence-electron chi connectivity index (χ1n) is 11.6. The number of halogens is 1. The number of pyridine rings is 1. The molecular weight excluding hydrogens is 447 g/mol. The Morgan fingerprint density at radius 2 is 1.74 bits per heavy atom. The number of nitrogens with one attached hydrogen (secondary N) is 2. The summed E-state index contributed by atoms with van der Waals surface area (Å²) in [5.74, 6) is -0.625. The van der Waals surface area contributed by atoms with Crippen LogP contribution < -0.4 is 15.5 Å². The molecule has 0 bridgehead atoms. The second-order valence-electron chi connectivity index (χ2n) is 8.73. The lowest BCUT2D eigenvalue weighted by molar-refractivity contribution is -0.119. The van der Waals surface area contributed by atoms with E-state index in [1.54, 1.807) is 24.5 Å². The van der Waals surface area contributed by atoms with E-state index in [0.29, 0.717) is 11.3 Å². The smallest absolute Gasteiger partial charge is 0.414 e. The van der Waals surface area contributed by atoms with E-state index in [-0.39, 0.29) is 31.1 Å².